The van der Waals surface area contributed by atoms with Gasteiger partial charge in [0.1, 0.15) is 0 Å². The van der Waals surface area contributed by atoms with E-state index in [1.54, 1.807) is 0 Å². The van der Waals surface area contributed by atoms with Gasteiger partial charge in [0.25, 0.3) is 0 Å². The highest BCUT2D eigenvalue weighted by molar-refractivity contribution is 5.54. The van der Waals surface area contributed by atoms with Gasteiger partial charge in [0.05, 0.1) is 0 Å². The summed E-state index contributed by atoms with van der Waals surface area (Å²) in [6.07, 6.45) is 9.65. The highest BCUT2D eigenvalue weighted by Crippen LogP contribution is 2.53. The first kappa shape index (κ1) is 11.3. The average Bonchev–Trinajstić information content (AvgIpc) is 2.40. The van der Waals surface area contributed by atoms with Gasteiger partial charge in [-0.1, -0.05) is 32.1 Å². The van der Waals surface area contributed by atoms with E-state index in [4.69, 9.17) is 5.73 Å². The SMILES string of the molecule is C/C=C\C1=C(C)C2=CC=C(N)CC2C1(C)C. The molecule has 1 nitrogen and oxygen atoms in total. The van der Waals surface area contributed by atoms with E-state index in [0.29, 0.717) is 5.92 Å². The first-order valence-electron chi connectivity index (χ1n) is 5.99. The van der Waals surface area contributed by atoms with Crippen molar-refractivity contribution in [2.45, 2.75) is 34.1 Å². The zero-order chi connectivity index (χ0) is 11.9. The fourth-order valence-corrected chi connectivity index (χ4v) is 3.09. The van der Waals surface area contributed by atoms with Crippen LogP contribution in [0.1, 0.15) is 34.1 Å². The lowest BCUT2D eigenvalue weighted by molar-refractivity contribution is 0.330. The predicted molar refractivity (Wildman–Crippen MR) is 69.8 cm³/mol. The van der Waals surface area contributed by atoms with Gasteiger partial charge in [-0.2, -0.15) is 0 Å². The second kappa shape index (κ2) is 3.65. The summed E-state index contributed by atoms with van der Waals surface area (Å²) in [5.41, 5.74) is 11.6. The molecule has 0 aromatic rings. The van der Waals surface area contributed by atoms with Gasteiger partial charge in [-0.25, -0.2) is 0 Å². The van der Waals surface area contributed by atoms with Crippen molar-refractivity contribution < 1.29 is 0 Å². The maximum Gasteiger partial charge on any atom is 0.00870 e. The van der Waals surface area contributed by atoms with E-state index in [9.17, 15) is 0 Å². The molecule has 16 heavy (non-hydrogen) atoms. The minimum Gasteiger partial charge on any atom is -0.402 e. The van der Waals surface area contributed by atoms with Crippen LogP contribution in [0.5, 0.6) is 0 Å². The first-order chi connectivity index (χ1) is 7.48. The summed E-state index contributed by atoms with van der Waals surface area (Å²) in [5, 5.41) is 0. The van der Waals surface area contributed by atoms with Gasteiger partial charge in [0, 0.05) is 5.70 Å². The van der Waals surface area contributed by atoms with Crippen molar-refractivity contribution in [3.8, 4) is 0 Å². The summed E-state index contributed by atoms with van der Waals surface area (Å²) in [6.45, 7) is 8.98. The molecule has 0 amide bonds. The molecule has 2 rings (SSSR count). The molecule has 0 spiro atoms. The highest BCUT2D eigenvalue weighted by Gasteiger charge is 2.42. The van der Waals surface area contributed by atoms with E-state index in [1.807, 2.05) is 0 Å². The summed E-state index contributed by atoms with van der Waals surface area (Å²) in [5.74, 6) is 0.559. The monoisotopic (exact) mass is 215 g/mol. The molecule has 1 unspecified atom stereocenters. The Balaban J connectivity index is 2.53. The fraction of sp³-hybridized carbons (Fsp3) is 0.467. The van der Waals surface area contributed by atoms with Crippen LogP contribution >= 0.6 is 0 Å². The van der Waals surface area contributed by atoms with Crippen LogP contribution in [0.2, 0.25) is 0 Å². The van der Waals surface area contributed by atoms with Crippen LogP contribution in [0, 0.1) is 11.3 Å². The lowest BCUT2D eigenvalue weighted by Gasteiger charge is -2.32. The second-order valence-electron chi connectivity index (χ2n) is 5.38. The molecule has 0 saturated carbocycles. The summed E-state index contributed by atoms with van der Waals surface area (Å²) in [6, 6.07) is 0. The molecule has 0 aromatic heterocycles. The molecule has 1 atom stereocenters. The maximum atomic E-state index is 5.96. The number of fused-ring (bicyclic) bond motifs is 1. The standard InChI is InChI=1S/C15H21N/c1-5-6-13-10(2)12-8-7-11(16)9-14(12)15(13,3)4/h5-8,14H,9,16H2,1-4H3/b6-5-. The van der Waals surface area contributed by atoms with E-state index in [1.165, 1.54) is 16.7 Å². The van der Waals surface area contributed by atoms with E-state index >= 15 is 0 Å². The quantitative estimate of drug-likeness (QED) is 0.709. The summed E-state index contributed by atoms with van der Waals surface area (Å²) in [4.78, 5) is 0. The largest absolute Gasteiger partial charge is 0.402 e. The van der Waals surface area contributed by atoms with Crippen LogP contribution in [0.25, 0.3) is 0 Å². The molecule has 0 aromatic carbocycles. The van der Waals surface area contributed by atoms with Crippen molar-refractivity contribution in [2.75, 3.05) is 0 Å². The van der Waals surface area contributed by atoms with Gasteiger partial charge in [0.2, 0.25) is 0 Å². The van der Waals surface area contributed by atoms with Crippen LogP contribution < -0.4 is 5.73 Å². The Morgan fingerprint density at radius 1 is 1.38 bits per heavy atom. The number of hydrogen-bond donors (Lipinski definition) is 1. The van der Waals surface area contributed by atoms with Crippen LogP contribution in [-0.2, 0) is 0 Å². The third kappa shape index (κ3) is 1.46. The Bertz CT molecular complexity index is 430. The molecule has 2 aliphatic carbocycles. The predicted octanol–water partition coefficient (Wildman–Crippen LogP) is 3.71. The molecule has 1 heteroatoms. The zero-order valence-electron chi connectivity index (χ0n) is 10.7. The van der Waals surface area contributed by atoms with Crippen molar-refractivity contribution in [1.29, 1.82) is 0 Å². The molecule has 0 heterocycles. The lowest BCUT2D eigenvalue weighted by Crippen LogP contribution is -2.25. The minimum atomic E-state index is 0.210. The van der Waals surface area contributed by atoms with E-state index in [0.717, 1.165) is 12.1 Å². The van der Waals surface area contributed by atoms with Crippen LogP contribution in [0.4, 0.5) is 0 Å². The Morgan fingerprint density at radius 2 is 2.06 bits per heavy atom. The molecule has 0 aliphatic heterocycles. The Hall–Kier alpha value is -1.24. The van der Waals surface area contributed by atoms with Crippen LogP contribution in [0.3, 0.4) is 0 Å². The van der Waals surface area contributed by atoms with Crippen molar-refractivity contribution >= 4 is 0 Å². The maximum absolute atomic E-state index is 5.96. The van der Waals surface area contributed by atoms with Gasteiger partial charge >= 0.3 is 0 Å². The van der Waals surface area contributed by atoms with Gasteiger partial charge in [-0.15, -0.1) is 0 Å². The molecule has 2 N–H and O–H groups in total. The molecule has 0 radical (unpaired) electrons. The first-order valence-corrected chi connectivity index (χ1v) is 5.99. The number of allylic oxidation sites excluding steroid dienone is 8. The normalized spacial score (nSPS) is 28.1. The molecule has 0 fully saturated rings. The van der Waals surface area contributed by atoms with Crippen LogP contribution in [-0.4, -0.2) is 0 Å². The van der Waals surface area contributed by atoms with Crippen molar-refractivity contribution in [3.63, 3.8) is 0 Å². The fourth-order valence-electron chi connectivity index (χ4n) is 3.09. The summed E-state index contributed by atoms with van der Waals surface area (Å²) in [7, 11) is 0. The van der Waals surface area contributed by atoms with E-state index in [2.05, 4.69) is 52.0 Å². The Labute approximate surface area is 98.4 Å². The molecule has 2 aliphatic rings. The smallest absolute Gasteiger partial charge is 0.00870 e. The van der Waals surface area contributed by atoms with Gasteiger partial charge in [-0.05, 0) is 54.4 Å². The Morgan fingerprint density at radius 3 is 2.69 bits per heavy atom. The molecule has 0 bridgehead atoms. The number of nitrogens with two attached hydrogens (primary N) is 1. The second-order valence-corrected chi connectivity index (χ2v) is 5.38. The minimum absolute atomic E-state index is 0.210. The van der Waals surface area contributed by atoms with Crippen molar-refractivity contribution in [1.82, 2.24) is 0 Å². The summed E-state index contributed by atoms with van der Waals surface area (Å²) < 4.78 is 0. The summed E-state index contributed by atoms with van der Waals surface area (Å²) >= 11 is 0. The Kier molecular flexibility index (Phi) is 2.57. The van der Waals surface area contributed by atoms with Crippen molar-refractivity contribution in [3.05, 3.63) is 46.7 Å². The third-order valence-electron chi connectivity index (χ3n) is 4.03. The van der Waals surface area contributed by atoms with Crippen LogP contribution in [0.15, 0.2) is 46.7 Å². The zero-order valence-corrected chi connectivity index (χ0v) is 10.7. The average molecular weight is 215 g/mol. The highest BCUT2D eigenvalue weighted by atomic mass is 14.6. The van der Waals surface area contributed by atoms with Crippen molar-refractivity contribution in [2.24, 2.45) is 17.1 Å². The van der Waals surface area contributed by atoms with Gasteiger partial charge in [0.15, 0.2) is 0 Å². The number of rotatable bonds is 1. The lowest BCUT2D eigenvalue weighted by atomic mass is 9.72. The van der Waals surface area contributed by atoms with Gasteiger partial charge < -0.3 is 5.73 Å². The molecular formula is C15H21N. The molecule has 86 valence electrons. The third-order valence-corrected chi connectivity index (χ3v) is 4.03. The topological polar surface area (TPSA) is 26.0 Å². The van der Waals surface area contributed by atoms with E-state index < -0.39 is 0 Å². The van der Waals surface area contributed by atoms with E-state index in [-0.39, 0.29) is 5.41 Å². The molecular weight excluding hydrogens is 194 g/mol. The van der Waals surface area contributed by atoms with Gasteiger partial charge in [-0.3, -0.25) is 0 Å². The number of hydrogen-bond acceptors (Lipinski definition) is 1. The molecule has 0 saturated heterocycles.